The molecule has 7 rings (SSSR count). The lowest BCUT2D eigenvalue weighted by molar-refractivity contribution is 0.174. The number of rotatable bonds is 12. The number of anilines is 6. The largest absolute Gasteiger partial charge is 0.454 e. The van der Waals surface area contributed by atoms with Gasteiger partial charge < -0.3 is 41.0 Å². The minimum Gasteiger partial charge on any atom is -0.454 e. The number of nitrogen functional groups attached to an aromatic ring is 1. The van der Waals surface area contributed by atoms with Crippen molar-refractivity contribution in [1.29, 1.82) is 0 Å². The van der Waals surface area contributed by atoms with E-state index in [9.17, 15) is 0 Å². The Balaban J connectivity index is 1.12. The van der Waals surface area contributed by atoms with E-state index >= 15 is 0 Å². The molecule has 246 valence electrons. The molecule has 0 amide bonds. The molecule has 1 saturated heterocycles. The first kappa shape index (κ1) is 30.7. The van der Waals surface area contributed by atoms with Crippen LogP contribution in [0.15, 0.2) is 78.9 Å². The normalized spacial score (nSPS) is 15.3. The standard InChI is InChI=1S/C34H38N12O2/c1-2-36-30-41-32(37-19-24-11-7-4-8-12-24)44-34(43-30)46-16-15-45(21-26(46)17-23-9-5-3-6-10-23)33-40-29(35)39-31(42-33)38-20-25-13-14-27-28(18-25)48-22-47-27/h3-14,18,26H,2,15-17,19-22H2,1H3,(H3,35,38,39,40,42)(H2,36,37,41,43,44). The van der Waals surface area contributed by atoms with Crippen LogP contribution in [0.4, 0.5) is 35.7 Å². The number of piperazine rings is 1. The molecule has 0 bridgehead atoms. The molecule has 0 aliphatic carbocycles. The summed E-state index contributed by atoms with van der Waals surface area (Å²) >= 11 is 0. The highest BCUT2D eigenvalue weighted by atomic mass is 16.7. The monoisotopic (exact) mass is 646 g/mol. The molecule has 48 heavy (non-hydrogen) atoms. The van der Waals surface area contributed by atoms with Crippen LogP contribution >= 0.6 is 0 Å². The third kappa shape index (κ3) is 7.38. The number of benzene rings is 3. The van der Waals surface area contributed by atoms with Crippen LogP contribution < -0.4 is 41.0 Å². The summed E-state index contributed by atoms with van der Waals surface area (Å²) in [4.78, 5) is 32.4. The summed E-state index contributed by atoms with van der Waals surface area (Å²) in [6.07, 6.45) is 0.766. The van der Waals surface area contributed by atoms with Crippen molar-refractivity contribution in [2.24, 2.45) is 0 Å². The summed E-state index contributed by atoms with van der Waals surface area (Å²) in [6.45, 7) is 5.91. The van der Waals surface area contributed by atoms with Gasteiger partial charge in [-0.2, -0.15) is 29.9 Å². The van der Waals surface area contributed by atoms with Gasteiger partial charge in [-0.05, 0) is 42.2 Å². The molecule has 2 aliphatic rings. The van der Waals surface area contributed by atoms with Gasteiger partial charge in [-0.1, -0.05) is 66.7 Å². The van der Waals surface area contributed by atoms with Crippen molar-refractivity contribution >= 4 is 35.7 Å². The zero-order chi connectivity index (χ0) is 32.7. The first-order valence-corrected chi connectivity index (χ1v) is 16.1. The summed E-state index contributed by atoms with van der Waals surface area (Å²) in [5, 5.41) is 9.95. The lowest BCUT2D eigenvalue weighted by Crippen LogP contribution is -2.55. The van der Waals surface area contributed by atoms with Gasteiger partial charge in [-0.25, -0.2) is 0 Å². The third-order valence-corrected chi connectivity index (χ3v) is 8.12. The van der Waals surface area contributed by atoms with E-state index in [1.165, 1.54) is 5.56 Å². The summed E-state index contributed by atoms with van der Waals surface area (Å²) in [5.74, 6) is 4.19. The van der Waals surface area contributed by atoms with Gasteiger partial charge in [0.2, 0.25) is 42.5 Å². The fourth-order valence-electron chi connectivity index (χ4n) is 5.78. The average molecular weight is 647 g/mol. The van der Waals surface area contributed by atoms with E-state index in [1.807, 2.05) is 49.4 Å². The lowest BCUT2D eigenvalue weighted by Gasteiger charge is -2.41. The molecular weight excluding hydrogens is 608 g/mol. The Morgan fingerprint density at radius 3 is 2.12 bits per heavy atom. The second kappa shape index (κ2) is 14.2. The average Bonchev–Trinajstić information content (AvgIpc) is 3.59. The number of nitrogens with one attached hydrogen (secondary N) is 3. The van der Waals surface area contributed by atoms with Gasteiger partial charge in [0.1, 0.15) is 0 Å². The molecule has 4 heterocycles. The van der Waals surface area contributed by atoms with Gasteiger partial charge in [0.05, 0.1) is 6.04 Å². The topological polar surface area (TPSA) is 164 Å². The molecule has 0 spiro atoms. The Kier molecular flexibility index (Phi) is 9.11. The number of hydrogen-bond acceptors (Lipinski definition) is 14. The highest BCUT2D eigenvalue weighted by molar-refractivity contribution is 5.50. The van der Waals surface area contributed by atoms with Crippen LogP contribution in [0.2, 0.25) is 0 Å². The highest BCUT2D eigenvalue weighted by Crippen LogP contribution is 2.32. The maximum absolute atomic E-state index is 6.20. The first-order chi connectivity index (χ1) is 23.6. The van der Waals surface area contributed by atoms with Crippen LogP contribution in [-0.2, 0) is 19.5 Å². The minimum atomic E-state index is 0.00281. The van der Waals surface area contributed by atoms with E-state index in [4.69, 9.17) is 30.2 Å². The fourth-order valence-corrected chi connectivity index (χ4v) is 5.78. The van der Waals surface area contributed by atoms with Crippen molar-refractivity contribution < 1.29 is 9.47 Å². The Morgan fingerprint density at radius 2 is 1.35 bits per heavy atom. The van der Waals surface area contributed by atoms with Crippen LogP contribution in [0.5, 0.6) is 11.5 Å². The van der Waals surface area contributed by atoms with Crippen LogP contribution in [0.25, 0.3) is 0 Å². The molecule has 14 nitrogen and oxygen atoms in total. The molecule has 3 aromatic carbocycles. The van der Waals surface area contributed by atoms with E-state index in [-0.39, 0.29) is 18.8 Å². The molecule has 1 fully saturated rings. The van der Waals surface area contributed by atoms with Crippen LogP contribution in [0, 0.1) is 0 Å². The lowest BCUT2D eigenvalue weighted by atomic mass is 10.0. The van der Waals surface area contributed by atoms with Gasteiger partial charge >= 0.3 is 0 Å². The molecule has 2 aromatic heterocycles. The van der Waals surface area contributed by atoms with E-state index in [0.29, 0.717) is 69.0 Å². The number of nitrogens with two attached hydrogens (primary N) is 1. The minimum absolute atomic E-state index is 0.00281. The van der Waals surface area contributed by atoms with E-state index in [0.717, 1.165) is 29.0 Å². The summed E-state index contributed by atoms with van der Waals surface area (Å²) in [7, 11) is 0. The second-order valence-electron chi connectivity index (χ2n) is 11.5. The molecule has 1 unspecified atom stereocenters. The zero-order valence-electron chi connectivity index (χ0n) is 26.7. The van der Waals surface area contributed by atoms with Crippen LogP contribution in [-0.4, -0.2) is 68.9 Å². The third-order valence-electron chi connectivity index (χ3n) is 8.12. The van der Waals surface area contributed by atoms with E-state index in [1.54, 1.807) is 0 Å². The number of aromatic nitrogens is 6. The summed E-state index contributed by atoms with van der Waals surface area (Å²) in [6, 6.07) is 26.4. The Hall–Kier alpha value is -5.92. The number of nitrogens with zero attached hydrogens (tertiary/aromatic N) is 8. The Bertz CT molecular complexity index is 1830. The molecule has 5 N–H and O–H groups in total. The number of hydrogen-bond donors (Lipinski definition) is 4. The number of ether oxygens (including phenoxy) is 2. The molecular formula is C34H38N12O2. The van der Waals surface area contributed by atoms with Crippen LogP contribution in [0.3, 0.4) is 0 Å². The van der Waals surface area contributed by atoms with Gasteiger partial charge in [0.15, 0.2) is 11.5 Å². The molecule has 5 aromatic rings. The van der Waals surface area contributed by atoms with Crippen molar-refractivity contribution in [3.63, 3.8) is 0 Å². The molecule has 14 heteroatoms. The quantitative estimate of drug-likeness (QED) is 0.154. The Morgan fingerprint density at radius 1 is 0.688 bits per heavy atom. The van der Waals surface area contributed by atoms with Gasteiger partial charge in [0.25, 0.3) is 0 Å². The van der Waals surface area contributed by atoms with Gasteiger partial charge in [-0.15, -0.1) is 0 Å². The van der Waals surface area contributed by atoms with Crippen molar-refractivity contribution in [2.45, 2.75) is 32.5 Å². The van der Waals surface area contributed by atoms with Crippen LogP contribution in [0.1, 0.15) is 23.6 Å². The first-order valence-electron chi connectivity index (χ1n) is 16.1. The molecule has 0 saturated carbocycles. The van der Waals surface area contributed by atoms with Crippen molar-refractivity contribution in [1.82, 2.24) is 29.9 Å². The van der Waals surface area contributed by atoms with Crippen molar-refractivity contribution in [2.75, 3.05) is 64.5 Å². The Labute approximate surface area is 278 Å². The summed E-state index contributed by atoms with van der Waals surface area (Å²) in [5.41, 5.74) is 9.55. The second-order valence-corrected chi connectivity index (χ2v) is 11.5. The van der Waals surface area contributed by atoms with Gasteiger partial charge in [0, 0.05) is 39.3 Å². The highest BCUT2D eigenvalue weighted by Gasteiger charge is 2.31. The van der Waals surface area contributed by atoms with Crippen molar-refractivity contribution in [3.05, 3.63) is 95.6 Å². The SMILES string of the molecule is CCNc1nc(NCc2ccccc2)nc(N2CCN(c3nc(N)nc(NCc4ccc5c(c4)OCO5)n3)CC2Cc2ccccc2)n1. The predicted molar refractivity (Wildman–Crippen MR) is 185 cm³/mol. The van der Waals surface area contributed by atoms with E-state index < -0.39 is 0 Å². The molecule has 0 radical (unpaired) electrons. The number of fused-ring (bicyclic) bond motifs is 1. The van der Waals surface area contributed by atoms with Gasteiger partial charge in [-0.3, -0.25) is 0 Å². The van der Waals surface area contributed by atoms with E-state index in [2.05, 4.69) is 77.1 Å². The fraction of sp³-hybridized carbons (Fsp3) is 0.294. The smallest absolute Gasteiger partial charge is 0.232 e. The summed E-state index contributed by atoms with van der Waals surface area (Å²) < 4.78 is 10.9. The van der Waals surface area contributed by atoms with Crippen molar-refractivity contribution in [3.8, 4) is 11.5 Å². The maximum Gasteiger partial charge on any atom is 0.232 e. The predicted octanol–water partition coefficient (Wildman–Crippen LogP) is 3.96. The molecule has 1 atom stereocenters. The zero-order valence-corrected chi connectivity index (χ0v) is 26.7. The molecule has 2 aliphatic heterocycles. The maximum atomic E-state index is 6.20.